The molecule has 6 heteroatoms. The van der Waals surface area contributed by atoms with Gasteiger partial charge in [-0.25, -0.2) is 0 Å². The van der Waals surface area contributed by atoms with Gasteiger partial charge in [0, 0.05) is 26.2 Å². The maximum absolute atomic E-state index is 13.1. The number of epoxide rings is 1. The Balaban J connectivity index is 1.46. The van der Waals surface area contributed by atoms with E-state index in [1.54, 1.807) is 0 Å². The highest BCUT2D eigenvalue weighted by atomic mass is 16.6. The average Bonchev–Trinajstić information content (AvgIpc) is 3.53. The van der Waals surface area contributed by atoms with E-state index in [1.165, 1.54) is 18.1 Å². The lowest BCUT2D eigenvalue weighted by atomic mass is 9.61. The van der Waals surface area contributed by atoms with E-state index in [9.17, 15) is 19.8 Å². The number of aliphatic hydroxyl groups excluding tert-OH is 1. The smallest absolute Gasteiger partial charge is 0.302 e. The van der Waals surface area contributed by atoms with Crippen LogP contribution in [0.1, 0.15) is 128 Å². The van der Waals surface area contributed by atoms with Crippen molar-refractivity contribution in [2.45, 2.75) is 157 Å². The van der Waals surface area contributed by atoms with Gasteiger partial charge in [-0.2, -0.15) is 0 Å². The third-order valence-corrected chi connectivity index (χ3v) is 10.7. The lowest BCUT2D eigenvalue weighted by molar-refractivity contribution is -0.152. The summed E-state index contributed by atoms with van der Waals surface area (Å²) in [5.74, 6) is -0.169. The first kappa shape index (κ1) is 39.6. The molecule has 0 aromatic rings. The molecule has 0 spiro atoms. The van der Waals surface area contributed by atoms with Gasteiger partial charge < -0.3 is 19.7 Å². The number of Topliss-reactive ketones (excluding diaryl/α,β-unsaturated/α-hetero) is 1. The second kappa shape index (κ2) is 15.4. The first-order valence-electron chi connectivity index (χ1n) is 17.7. The first-order chi connectivity index (χ1) is 22.1. The van der Waals surface area contributed by atoms with Crippen molar-refractivity contribution in [3.63, 3.8) is 0 Å². The highest BCUT2D eigenvalue weighted by molar-refractivity contribution is 5.96. The largest absolute Gasteiger partial charge is 0.462 e. The van der Waals surface area contributed by atoms with Gasteiger partial charge >= 0.3 is 5.97 Å². The fourth-order valence-electron chi connectivity index (χ4n) is 8.26. The van der Waals surface area contributed by atoms with E-state index in [4.69, 9.17) is 9.47 Å². The Kier molecular flexibility index (Phi) is 12.7. The molecule has 48 heavy (non-hydrogen) atoms. The van der Waals surface area contributed by atoms with Crippen LogP contribution >= 0.6 is 0 Å². The molecule has 3 rings (SSSR count). The fourth-order valence-corrected chi connectivity index (χ4v) is 8.26. The number of rotatable bonds is 13. The van der Waals surface area contributed by atoms with Gasteiger partial charge in [0.05, 0.1) is 17.3 Å². The molecule has 0 bridgehead atoms. The molecule has 2 saturated carbocycles. The molecule has 0 aromatic heterocycles. The van der Waals surface area contributed by atoms with E-state index in [1.807, 2.05) is 32.9 Å². The van der Waals surface area contributed by atoms with Gasteiger partial charge in [-0.3, -0.25) is 9.59 Å². The van der Waals surface area contributed by atoms with Crippen molar-refractivity contribution < 1.29 is 29.3 Å². The normalized spacial score (nSPS) is 33.3. The zero-order valence-corrected chi connectivity index (χ0v) is 31.5. The number of aliphatic hydroxyl groups is 2. The van der Waals surface area contributed by atoms with Crippen molar-refractivity contribution in [3.05, 3.63) is 82.5 Å². The van der Waals surface area contributed by atoms with E-state index in [0.29, 0.717) is 32.1 Å². The Bertz CT molecular complexity index is 1410. The molecule has 2 aliphatic carbocycles. The monoisotopic (exact) mass is 662 g/mol. The van der Waals surface area contributed by atoms with Gasteiger partial charge in [-0.15, -0.1) is 0 Å². The fraction of sp³-hybridized carbons (Fsp3) is 0.619. The van der Waals surface area contributed by atoms with Crippen molar-refractivity contribution in [1.82, 2.24) is 0 Å². The molecule has 266 valence electrons. The van der Waals surface area contributed by atoms with Crippen LogP contribution in [0.2, 0.25) is 0 Å². The number of ketones is 1. The quantitative estimate of drug-likeness (QED) is 0.0671. The van der Waals surface area contributed by atoms with Gasteiger partial charge in [0.1, 0.15) is 11.7 Å². The third-order valence-electron chi connectivity index (χ3n) is 10.7. The maximum atomic E-state index is 13.1. The highest BCUT2D eigenvalue weighted by Crippen LogP contribution is 2.67. The van der Waals surface area contributed by atoms with Crippen molar-refractivity contribution in [3.8, 4) is 0 Å². The SMILES string of the molecule is CC(=O)O[C@H]1CC(C)(C)/C(=C\C/C(C)=C/C=C/C(C)=C/C=C/C=C(\C)CC/C=C(\C)C(=O)C[C@@]23O[C@]2(C)C[C@@H](O)CC3(C)C)[C@](C)(O)C1. The van der Waals surface area contributed by atoms with E-state index in [2.05, 4.69) is 91.0 Å². The van der Waals surface area contributed by atoms with Gasteiger partial charge in [-0.1, -0.05) is 99.1 Å². The number of carbonyl (C=O) groups excluding carboxylic acids is 2. The van der Waals surface area contributed by atoms with Gasteiger partial charge in [0.25, 0.3) is 0 Å². The van der Waals surface area contributed by atoms with Crippen LogP contribution in [0.3, 0.4) is 0 Å². The second-order valence-electron chi connectivity index (χ2n) is 16.4. The van der Waals surface area contributed by atoms with Crippen LogP contribution in [0.5, 0.6) is 0 Å². The third kappa shape index (κ3) is 9.89. The second-order valence-corrected chi connectivity index (χ2v) is 16.4. The molecule has 1 saturated heterocycles. The summed E-state index contributed by atoms with van der Waals surface area (Å²) in [6, 6.07) is 0. The van der Waals surface area contributed by atoms with Crippen molar-refractivity contribution in [2.24, 2.45) is 10.8 Å². The molecular formula is C42H62O6. The highest BCUT2D eigenvalue weighted by Gasteiger charge is 2.76. The minimum atomic E-state index is -1.02. The molecule has 0 unspecified atom stereocenters. The predicted octanol–water partition coefficient (Wildman–Crippen LogP) is 9.15. The summed E-state index contributed by atoms with van der Waals surface area (Å²) in [4.78, 5) is 24.6. The molecular weight excluding hydrogens is 600 g/mol. The molecule has 6 nitrogen and oxygen atoms in total. The lowest BCUT2D eigenvalue weighted by Crippen LogP contribution is -2.48. The number of esters is 1. The number of hydrogen-bond acceptors (Lipinski definition) is 6. The van der Waals surface area contributed by atoms with Crippen LogP contribution in [-0.2, 0) is 19.1 Å². The average molecular weight is 663 g/mol. The molecule has 3 aliphatic rings. The molecule has 1 aliphatic heterocycles. The summed E-state index contributed by atoms with van der Waals surface area (Å²) < 4.78 is 11.6. The summed E-state index contributed by atoms with van der Waals surface area (Å²) in [6.45, 7) is 21.9. The first-order valence-corrected chi connectivity index (χ1v) is 17.7. The summed E-state index contributed by atoms with van der Waals surface area (Å²) in [7, 11) is 0. The number of carbonyl (C=O) groups is 2. The molecule has 2 N–H and O–H groups in total. The number of allylic oxidation sites excluding steroid dienone is 13. The minimum Gasteiger partial charge on any atom is -0.462 e. The molecule has 0 radical (unpaired) electrons. The molecule has 5 atom stereocenters. The summed E-state index contributed by atoms with van der Waals surface area (Å²) in [6.07, 6.45) is 23.2. The Morgan fingerprint density at radius 2 is 1.52 bits per heavy atom. The van der Waals surface area contributed by atoms with Crippen molar-refractivity contribution in [2.75, 3.05) is 0 Å². The van der Waals surface area contributed by atoms with Gasteiger partial charge in [0.2, 0.25) is 0 Å². The zero-order valence-electron chi connectivity index (χ0n) is 31.5. The Morgan fingerprint density at radius 3 is 2.15 bits per heavy atom. The summed E-state index contributed by atoms with van der Waals surface area (Å²) in [5, 5.41) is 21.5. The number of ether oxygens (including phenoxy) is 2. The van der Waals surface area contributed by atoms with E-state index < -0.39 is 16.8 Å². The van der Waals surface area contributed by atoms with E-state index in [-0.39, 0.29) is 34.8 Å². The minimum absolute atomic E-state index is 0.137. The van der Waals surface area contributed by atoms with Crippen LogP contribution in [0.4, 0.5) is 0 Å². The predicted molar refractivity (Wildman–Crippen MR) is 195 cm³/mol. The summed E-state index contributed by atoms with van der Waals surface area (Å²) in [5.41, 5.74) is 2.95. The molecule has 1 heterocycles. The van der Waals surface area contributed by atoms with Gasteiger partial charge in [0.15, 0.2) is 5.78 Å². The Hall–Kier alpha value is -2.80. The van der Waals surface area contributed by atoms with Crippen molar-refractivity contribution >= 4 is 11.8 Å². The van der Waals surface area contributed by atoms with E-state index in [0.717, 1.165) is 36.0 Å². The molecule has 0 aromatic carbocycles. The summed E-state index contributed by atoms with van der Waals surface area (Å²) >= 11 is 0. The van der Waals surface area contributed by atoms with Crippen LogP contribution < -0.4 is 0 Å². The zero-order chi connectivity index (χ0) is 36.1. The van der Waals surface area contributed by atoms with Crippen LogP contribution in [0.25, 0.3) is 0 Å². The van der Waals surface area contributed by atoms with Crippen LogP contribution in [0, 0.1) is 10.8 Å². The Labute approximate surface area is 290 Å². The number of hydrogen-bond donors (Lipinski definition) is 2. The number of fused-ring (bicyclic) bond motifs is 1. The standard InChI is InChI=1S/C42H62O6/c1-29(18-14-19-31(3)22-23-37-38(6,7)26-35(47-33(5)43)27-40(37,10)46)16-12-13-17-30(2)20-15-21-32(4)36(45)28-42-39(8,9)24-34(44)25-41(42,11)48-42/h12-14,16-19,21,23,34-35,44,46H,15,20,22,24-28H2,1-11H3/b13-12+,18-14+,29-16+,30-17+,31-19+,32-21+,37-23+/t34-,35-,40+,41+,42-/m0/s1. The molecule has 0 amide bonds. The van der Waals surface area contributed by atoms with Crippen LogP contribution in [0.15, 0.2) is 82.5 Å². The molecule has 3 fully saturated rings. The van der Waals surface area contributed by atoms with Crippen LogP contribution in [-0.4, -0.2) is 51.0 Å². The van der Waals surface area contributed by atoms with Gasteiger partial charge in [-0.05, 0) is 95.6 Å². The maximum Gasteiger partial charge on any atom is 0.302 e. The Morgan fingerprint density at radius 1 is 0.875 bits per heavy atom. The topological polar surface area (TPSA) is 96.4 Å². The van der Waals surface area contributed by atoms with Crippen molar-refractivity contribution in [1.29, 1.82) is 0 Å². The lowest BCUT2D eigenvalue weighted by Gasteiger charge is -2.46. The van der Waals surface area contributed by atoms with E-state index >= 15 is 0 Å².